The van der Waals surface area contributed by atoms with Crippen LogP contribution in [0.2, 0.25) is 0 Å². The molecule has 2 atom stereocenters. The molecular formula is C8H12O. The van der Waals surface area contributed by atoms with Gasteiger partial charge in [-0.25, -0.2) is 0 Å². The quantitative estimate of drug-likeness (QED) is 0.524. The van der Waals surface area contributed by atoms with Gasteiger partial charge in [0.2, 0.25) is 0 Å². The molecule has 0 aromatic carbocycles. The molecule has 50 valence electrons. The lowest BCUT2D eigenvalue weighted by Gasteiger charge is -1.87. The highest BCUT2D eigenvalue weighted by atomic mass is 16.1. The summed E-state index contributed by atoms with van der Waals surface area (Å²) in [5, 5.41) is 0. The van der Waals surface area contributed by atoms with Crippen molar-refractivity contribution in [2.45, 2.75) is 19.8 Å². The first-order valence-corrected chi connectivity index (χ1v) is 3.37. The Morgan fingerprint density at radius 2 is 2.56 bits per heavy atom. The zero-order valence-electron chi connectivity index (χ0n) is 5.76. The van der Waals surface area contributed by atoms with E-state index in [-0.39, 0.29) is 0 Å². The molecule has 1 rings (SSSR count). The van der Waals surface area contributed by atoms with E-state index in [1.54, 1.807) is 6.92 Å². The van der Waals surface area contributed by atoms with Gasteiger partial charge in [0.25, 0.3) is 0 Å². The van der Waals surface area contributed by atoms with Gasteiger partial charge in [-0.05, 0) is 25.7 Å². The van der Waals surface area contributed by atoms with E-state index < -0.39 is 0 Å². The summed E-state index contributed by atoms with van der Waals surface area (Å²) < 4.78 is 0. The van der Waals surface area contributed by atoms with Crippen LogP contribution in [0, 0.1) is 11.8 Å². The number of rotatable bonds is 3. The molecule has 0 saturated heterocycles. The molecule has 1 heteroatoms. The molecule has 1 nitrogen and oxygen atoms in total. The molecule has 1 aliphatic carbocycles. The average Bonchev–Trinajstić information content (AvgIpc) is 2.47. The Hall–Kier alpha value is -0.590. The number of ketones is 1. The predicted octanol–water partition coefficient (Wildman–Crippen LogP) is 1.79. The van der Waals surface area contributed by atoms with Crippen molar-refractivity contribution in [3.05, 3.63) is 12.7 Å². The summed E-state index contributed by atoms with van der Waals surface area (Å²) in [5.41, 5.74) is 0. The minimum absolute atomic E-state index is 0.349. The van der Waals surface area contributed by atoms with E-state index >= 15 is 0 Å². The molecule has 1 aliphatic rings. The maximum absolute atomic E-state index is 10.7. The van der Waals surface area contributed by atoms with Gasteiger partial charge in [0.15, 0.2) is 0 Å². The summed E-state index contributed by atoms with van der Waals surface area (Å²) in [7, 11) is 0. The smallest absolute Gasteiger partial charge is 0.133 e. The van der Waals surface area contributed by atoms with Crippen LogP contribution in [0.3, 0.4) is 0 Å². The third kappa shape index (κ3) is 1.41. The minimum atomic E-state index is 0.349. The van der Waals surface area contributed by atoms with Crippen LogP contribution in [0.15, 0.2) is 12.7 Å². The fraction of sp³-hybridized carbons (Fsp3) is 0.625. The summed E-state index contributed by atoms with van der Waals surface area (Å²) in [6, 6.07) is 0. The van der Waals surface area contributed by atoms with E-state index in [1.165, 1.54) is 0 Å². The van der Waals surface area contributed by atoms with Gasteiger partial charge in [-0.15, -0.1) is 6.58 Å². The topological polar surface area (TPSA) is 17.1 Å². The molecular weight excluding hydrogens is 112 g/mol. The van der Waals surface area contributed by atoms with Crippen LogP contribution in [-0.4, -0.2) is 5.78 Å². The third-order valence-corrected chi connectivity index (χ3v) is 1.91. The molecule has 0 heterocycles. The van der Waals surface area contributed by atoms with Crippen molar-refractivity contribution < 1.29 is 4.79 Å². The van der Waals surface area contributed by atoms with Crippen LogP contribution >= 0.6 is 0 Å². The van der Waals surface area contributed by atoms with Gasteiger partial charge in [-0.1, -0.05) is 6.08 Å². The fourth-order valence-corrected chi connectivity index (χ4v) is 1.22. The highest BCUT2D eigenvalue weighted by molar-refractivity contribution is 5.81. The summed E-state index contributed by atoms with van der Waals surface area (Å²) in [6.45, 7) is 5.30. The molecule has 0 N–H and O–H groups in total. The third-order valence-electron chi connectivity index (χ3n) is 1.91. The largest absolute Gasteiger partial charge is 0.300 e. The van der Waals surface area contributed by atoms with E-state index in [4.69, 9.17) is 0 Å². The fourth-order valence-electron chi connectivity index (χ4n) is 1.22. The lowest BCUT2D eigenvalue weighted by Crippen LogP contribution is -1.93. The van der Waals surface area contributed by atoms with E-state index in [0.29, 0.717) is 17.6 Å². The molecule has 2 unspecified atom stereocenters. The molecule has 1 saturated carbocycles. The minimum Gasteiger partial charge on any atom is -0.300 e. The summed E-state index contributed by atoms with van der Waals surface area (Å²) in [6.07, 6.45) is 4.01. The van der Waals surface area contributed by atoms with Crippen molar-refractivity contribution in [2.24, 2.45) is 11.8 Å². The van der Waals surface area contributed by atoms with Crippen LogP contribution in [-0.2, 0) is 4.79 Å². The van der Waals surface area contributed by atoms with Gasteiger partial charge in [0, 0.05) is 5.92 Å². The summed E-state index contributed by atoms with van der Waals surface area (Å²) in [5.74, 6) is 1.37. The van der Waals surface area contributed by atoms with Gasteiger partial charge in [-0.2, -0.15) is 0 Å². The Kier molecular flexibility index (Phi) is 1.70. The second-order valence-electron chi connectivity index (χ2n) is 2.74. The standard InChI is InChI=1S/C8H12O/c1-3-4-7-5-8(7)6(2)9/h3,7-8H,1,4-5H2,2H3. The number of carbonyl (C=O) groups is 1. The Morgan fingerprint density at radius 3 is 2.89 bits per heavy atom. The maximum atomic E-state index is 10.7. The van der Waals surface area contributed by atoms with Crippen molar-refractivity contribution in [3.63, 3.8) is 0 Å². The van der Waals surface area contributed by atoms with Gasteiger partial charge >= 0.3 is 0 Å². The Morgan fingerprint density at radius 1 is 1.89 bits per heavy atom. The molecule has 0 amide bonds. The van der Waals surface area contributed by atoms with Gasteiger partial charge in [-0.3, -0.25) is 4.79 Å². The zero-order chi connectivity index (χ0) is 6.85. The Labute approximate surface area is 55.8 Å². The van der Waals surface area contributed by atoms with E-state index in [0.717, 1.165) is 12.8 Å². The van der Waals surface area contributed by atoms with Crippen molar-refractivity contribution >= 4 is 5.78 Å². The molecule has 0 aliphatic heterocycles. The monoisotopic (exact) mass is 124 g/mol. The van der Waals surface area contributed by atoms with Crippen LogP contribution < -0.4 is 0 Å². The second-order valence-corrected chi connectivity index (χ2v) is 2.74. The number of carbonyl (C=O) groups excluding carboxylic acids is 1. The van der Waals surface area contributed by atoms with E-state index in [2.05, 4.69) is 6.58 Å². The highest BCUT2D eigenvalue weighted by Gasteiger charge is 2.38. The zero-order valence-corrected chi connectivity index (χ0v) is 5.76. The SMILES string of the molecule is C=CCC1CC1C(C)=O. The van der Waals surface area contributed by atoms with Crippen molar-refractivity contribution in [2.75, 3.05) is 0 Å². The van der Waals surface area contributed by atoms with E-state index in [9.17, 15) is 4.79 Å². The molecule has 0 aromatic heterocycles. The number of allylic oxidation sites excluding steroid dienone is 1. The molecule has 0 spiro atoms. The van der Waals surface area contributed by atoms with Crippen LogP contribution in [0.1, 0.15) is 19.8 Å². The number of hydrogen-bond donors (Lipinski definition) is 0. The average molecular weight is 124 g/mol. The lowest BCUT2D eigenvalue weighted by atomic mass is 10.2. The first kappa shape index (κ1) is 6.53. The maximum Gasteiger partial charge on any atom is 0.133 e. The number of hydrogen-bond acceptors (Lipinski definition) is 1. The predicted molar refractivity (Wildman–Crippen MR) is 37.1 cm³/mol. The van der Waals surface area contributed by atoms with Crippen molar-refractivity contribution in [1.29, 1.82) is 0 Å². The van der Waals surface area contributed by atoms with Crippen molar-refractivity contribution in [1.82, 2.24) is 0 Å². The number of Topliss-reactive ketones (excluding diaryl/α,β-unsaturated/α-hetero) is 1. The van der Waals surface area contributed by atoms with E-state index in [1.807, 2.05) is 6.08 Å². The summed E-state index contributed by atoms with van der Waals surface area (Å²) >= 11 is 0. The Balaban J connectivity index is 2.24. The second kappa shape index (κ2) is 2.34. The molecule has 0 aromatic rings. The first-order valence-electron chi connectivity index (χ1n) is 3.37. The lowest BCUT2D eigenvalue weighted by molar-refractivity contribution is -0.118. The van der Waals surface area contributed by atoms with Gasteiger partial charge < -0.3 is 0 Å². The van der Waals surface area contributed by atoms with Crippen molar-refractivity contribution in [3.8, 4) is 0 Å². The first-order chi connectivity index (χ1) is 4.25. The molecule has 0 bridgehead atoms. The Bertz CT molecular complexity index is 138. The van der Waals surface area contributed by atoms with Gasteiger partial charge in [0.05, 0.1) is 0 Å². The van der Waals surface area contributed by atoms with Crippen LogP contribution in [0.5, 0.6) is 0 Å². The molecule has 0 radical (unpaired) electrons. The highest BCUT2D eigenvalue weighted by Crippen LogP contribution is 2.41. The summed E-state index contributed by atoms with van der Waals surface area (Å²) in [4.78, 5) is 10.7. The normalized spacial score (nSPS) is 31.7. The molecule has 9 heavy (non-hydrogen) atoms. The van der Waals surface area contributed by atoms with Crippen LogP contribution in [0.25, 0.3) is 0 Å². The van der Waals surface area contributed by atoms with Crippen LogP contribution in [0.4, 0.5) is 0 Å². The van der Waals surface area contributed by atoms with Gasteiger partial charge in [0.1, 0.15) is 5.78 Å². The molecule has 1 fully saturated rings.